The van der Waals surface area contributed by atoms with Crippen LogP contribution in [0.2, 0.25) is 10.0 Å². The predicted molar refractivity (Wildman–Crippen MR) is 103 cm³/mol. The van der Waals surface area contributed by atoms with Gasteiger partial charge in [-0.1, -0.05) is 69.6 Å². The van der Waals surface area contributed by atoms with Crippen LogP contribution in [0.1, 0.15) is 0 Å². The Bertz CT molecular complexity index is 672. The van der Waals surface area contributed by atoms with E-state index in [1.54, 1.807) is 48.5 Å². The highest BCUT2D eigenvalue weighted by molar-refractivity contribution is 6.93. The maximum absolute atomic E-state index is 6.19. The molecule has 120 valence electrons. The summed E-state index contributed by atoms with van der Waals surface area (Å²) < 4.78 is -1.78. The molecule has 0 heterocycles. The molecule has 0 N–H and O–H groups in total. The van der Waals surface area contributed by atoms with E-state index < -0.39 is 4.33 Å². The third-order valence-corrected chi connectivity index (χ3v) is 4.97. The molecule has 0 atom stereocenters. The summed E-state index contributed by atoms with van der Waals surface area (Å²) in [5.74, 6) is 0. The molecular weight excluding hydrogens is 421 g/mol. The molecule has 23 heavy (non-hydrogen) atoms. The van der Waals surface area contributed by atoms with Crippen molar-refractivity contribution in [2.75, 3.05) is 0 Å². The Hall–Kier alpha value is -0.480. The van der Waals surface area contributed by atoms with Gasteiger partial charge in [0.1, 0.15) is 10.3 Å². The maximum Gasteiger partial charge on any atom is 0.222 e. The quantitative estimate of drug-likeness (QED) is 0.358. The van der Waals surface area contributed by atoms with Crippen LogP contribution in [0.15, 0.2) is 58.5 Å². The van der Waals surface area contributed by atoms with E-state index in [0.717, 1.165) is 0 Å². The fourth-order valence-electron chi connectivity index (χ4n) is 1.48. The minimum atomic E-state index is -1.78. The molecule has 0 saturated carbocycles. The Morgan fingerprint density at radius 1 is 0.652 bits per heavy atom. The van der Waals surface area contributed by atoms with Crippen molar-refractivity contribution in [3.05, 3.63) is 58.6 Å². The van der Waals surface area contributed by atoms with Crippen molar-refractivity contribution in [1.29, 1.82) is 0 Å². The molecule has 0 aliphatic rings. The molecular formula is C15H8Cl6N2. The highest BCUT2D eigenvalue weighted by Gasteiger charge is 2.36. The number of aliphatic imine (C=N–C) groups is 2. The van der Waals surface area contributed by atoms with Crippen LogP contribution in [0.4, 0.5) is 11.4 Å². The van der Waals surface area contributed by atoms with Crippen LogP contribution in [0.3, 0.4) is 0 Å². The number of alkyl halides is 2. The summed E-state index contributed by atoms with van der Waals surface area (Å²) >= 11 is 36.2. The fraction of sp³-hybridized carbons (Fsp3) is 0.0667. The Kier molecular flexibility index (Phi) is 6.61. The SMILES string of the molecule is ClC(=Nc1ccc(Cl)cc1)C(Cl)(Cl)C(Cl)=Nc1ccc(Cl)cc1. The molecule has 0 spiro atoms. The van der Waals surface area contributed by atoms with Gasteiger partial charge in [0, 0.05) is 10.0 Å². The first-order valence-corrected chi connectivity index (χ1v) is 8.44. The van der Waals surface area contributed by atoms with Crippen LogP contribution >= 0.6 is 69.6 Å². The third kappa shape index (κ3) is 5.25. The first-order chi connectivity index (χ1) is 10.8. The number of hydrogen-bond acceptors (Lipinski definition) is 2. The molecule has 0 radical (unpaired) electrons. The second-order valence-corrected chi connectivity index (χ2v) is 7.25. The van der Waals surface area contributed by atoms with Crippen molar-refractivity contribution in [2.24, 2.45) is 9.98 Å². The van der Waals surface area contributed by atoms with E-state index in [1.165, 1.54) is 0 Å². The van der Waals surface area contributed by atoms with Crippen LogP contribution < -0.4 is 0 Å². The number of nitrogens with zero attached hydrogens (tertiary/aromatic N) is 2. The lowest BCUT2D eigenvalue weighted by atomic mass is 10.3. The van der Waals surface area contributed by atoms with Gasteiger partial charge < -0.3 is 0 Å². The second-order valence-electron chi connectivity index (χ2n) is 4.33. The van der Waals surface area contributed by atoms with Crippen LogP contribution in [-0.2, 0) is 0 Å². The molecule has 8 heteroatoms. The standard InChI is InChI=1S/C15H8Cl6N2/c16-9-1-5-11(6-2-9)22-13(18)15(20,21)14(19)23-12-7-3-10(17)4-8-12/h1-8H. The van der Waals surface area contributed by atoms with Crippen LogP contribution in [0, 0.1) is 0 Å². The minimum Gasteiger partial charge on any atom is -0.237 e. The smallest absolute Gasteiger partial charge is 0.222 e. The zero-order chi connectivity index (χ0) is 17.0. The summed E-state index contributed by atoms with van der Waals surface area (Å²) in [4.78, 5) is 8.24. The molecule has 0 saturated heterocycles. The van der Waals surface area contributed by atoms with Gasteiger partial charge in [-0.25, -0.2) is 9.98 Å². The maximum atomic E-state index is 6.19. The normalized spacial score (nSPS) is 13.3. The van der Waals surface area contributed by atoms with E-state index in [2.05, 4.69) is 9.98 Å². The van der Waals surface area contributed by atoms with Gasteiger partial charge in [0.25, 0.3) is 0 Å². The average Bonchev–Trinajstić information content (AvgIpc) is 2.51. The van der Waals surface area contributed by atoms with E-state index >= 15 is 0 Å². The summed E-state index contributed by atoms with van der Waals surface area (Å²) in [6.07, 6.45) is 0. The lowest BCUT2D eigenvalue weighted by Crippen LogP contribution is -2.28. The van der Waals surface area contributed by atoms with Gasteiger partial charge in [0.15, 0.2) is 0 Å². The minimum absolute atomic E-state index is 0.133. The number of halogens is 6. The molecule has 0 unspecified atom stereocenters. The van der Waals surface area contributed by atoms with Crippen LogP contribution in [-0.4, -0.2) is 14.7 Å². The molecule has 2 rings (SSSR count). The molecule has 2 aromatic carbocycles. The lowest BCUT2D eigenvalue weighted by Gasteiger charge is -2.16. The molecule has 0 bridgehead atoms. The first-order valence-electron chi connectivity index (χ1n) is 6.17. The van der Waals surface area contributed by atoms with Crippen molar-refractivity contribution in [3.63, 3.8) is 0 Å². The van der Waals surface area contributed by atoms with Crippen molar-refractivity contribution in [2.45, 2.75) is 4.33 Å². The largest absolute Gasteiger partial charge is 0.237 e. The van der Waals surface area contributed by atoms with Gasteiger partial charge >= 0.3 is 0 Å². The molecule has 0 aromatic heterocycles. The summed E-state index contributed by atoms with van der Waals surface area (Å²) in [5.41, 5.74) is 1.06. The second kappa shape index (κ2) is 8.06. The predicted octanol–water partition coefficient (Wildman–Crippen LogP) is 7.41. The van der Waals surface area contributed by atoms with Crippen molar-refractivity contribution >= 4 is 91.3 Å². The summed E-state index contributed by atoms with van der Waals surface area (Å²) in [6.45, 7) is 0. The number of benzene rings is 2. The Morgan fingerprint density at radius 3 is 1.26 bits per heavy atom. The van der Waals surface area contributed by atoms with E-state index in [4.69, 9.17) is 69.6 Å². The molecule has 0 aliphatic carbocycles. The highest BCUT2D eigenvalue weighted by Crippen LogP contribution is 2.33. The first kappa shape index (κ1) is 18.9. The zero-order valence-electron chi connectivity index (χ0n) is 11.3. The summed E-state index contributed by atoms with van der Waals surface area (Å²) in [6, 6.07) is 13.3. The Balaban J connectivity index is 2.28. The van der Waals surface area contributed by atoms with E-state index in [1.807, 2.05) is 0 Å². The Labute approximate surface area is 163 Å². The highest BCUT2D eigenvalue weighted by atomic mass is 35.5. The van der Waals surface area contributed by atoms with Gasteiger partial charge in [-0.05, 0) is 48.5 Å². The van der Waals surface area contributed by atoms with Gasteiger partial charge in [-0.15, -0.1) is 0 Å². The van der Waals surface area contributed by atoms with Crippen molar-refractivity contribution in [1.82, 2.24) is 0 Å². The van der Waals surface area contributed by atoms with Crippen molar-refractivity contribution < 1.29 is 0 Å². The molecule has 2 nitrogen and oxygen atoms in total. The molecule has 2 aromatic rings. The van der Waals surface area contributed by atoms with E-state index in [-0.39, 0.29) is 10.3 Å². The molecule has 0 amide bonds. The summed E-state index contributed by atoms with van der Waals surface area (Å²) in [7, 11) is 0. The number of hydrogen-bond donors (Lipinski definition) is 0. The fourth-order valence-corrected chi connectivity index (χ4v) is 2.33. The molecule has 0 aliphatic heterocycles. The van der Waals surface area contributed by atoms with Crippen molar-refractivity contribution in [3.8, 4) is 0 Å². The topological polar surface area (TPSA) is 24.7 Å². The lowest BCUT2D eigenvalue weighted by molar-refractivity contribution is 1.40. The average molecular weight is 429 g/mol. The monoisotopic (exact) mass is 426 g/mol. The van der Waals surface area contributed by atoms with Gasteiger partial charge in [0.05, 0.1) is 11.4 Å². The van der Waals surface area contributed by atoms with Crippen LogP contribution in [0.25, 0.3) is 0 Å². The summed E-state index contributed by atoms with van der Waals surface area (Å²) in [5, 5.41) is 0.882. The zero-order valence-corrected chi connectivity index (χ0v) is 15.8. The van der Waals surface area contributed by atoms with E-state index in [9.17, 15) is 0 Å². The van der Waals surface area contributed by atoms with E-state index in [0.29, 0.717) is 21.4 Å². The Morgan fingerprint density at radius 2 is 0.957 bits per heavy atom. The van der Waals surface area contributed by atoms with Gasteiger partial charge in [-0.3, -0.25) is 0 Å². The van der Waals surface area contributed by atoms with Gasteiger partial charge in [-0.2, -0.15) is 0 Å². The number of rotatable bonds is 4. The third-order valence-electron chi connectivity index (χ3n) is 2.63. The van der Waals surface area contributed by atoms with Crippen LogP contribution in [0.5, 0.6) is 0 Å². The molecule has 0 fully saturated rings. The van der Waals surface area contributed by atoms with Gasteiger partial charge in [0.2, 0.25) is 4.33 Å².